The summed E-state index contributed by atoms with van der Waals surface area (Å²) in [7, 11) is -1.75. The van der Waals surface area contributed by atoms with Crippen molar-refractivity contribution in [2.75, 3.05) is 0 Å². The van der Waals surface area contributed by atoms with Crippen molar-refractivity contribution in [1.29, 1.82) is 0 Å². The Labute approximate surface area is 125 Å². The fraction of sp³-hybridized carbons (Fsp3) is 0.357. The van der Waals surface area contributed by atoms with Crippen LogP contribution in [0.5, 0.6) is 0 Å². The molecule has 1 aromatic heterocycles. The van der Waals surface area contributed by atoms with E-state index in [1.54, 1.807) is 29.1 Å². The number of aryl methyl sites for hydroxylation is 1. The van der Waals surface area contributed by atoms with Gasteiger partial charge in [-0.2, -0.15) is 5.10 Å². The molecular formula is C14H20N4O2S. The minimum Gasteiger partial charge on any atom is -0.324 e. The molecule has 0 saturated heterocycles. The van der Waals surface area contributed by atoms with Gasteiger partial charge < -0.3 is 5.73 Å². The van der Waals surface area contributed by atoms with Gasteiger partial charge in [-0.25, -0.2) is 13.1 Å². The smallest absolute Gasteiger partial charge is 0.240 e. The van der Waals surface area contributed by atoms with Crippen LogP contribution in [0.25, 0.3) is 0 Å². The molecular weight excluding hydrogens is 288 g/mol. The van der Waals surface area contributed by atoms with Gasteiger partial charge in [0.25, 0.3) is 0 Å². The Kier molecular flexibility index (Phi) is 4.46. The summed E-state index contributed by atoms with van der Waals surface area (Å²) in [6, 6.07) is 6.46. The van der Waals surface area contributed by atoms with E-state index in [9.17, 15) is 8.42 Å². The molecule has 114 valence electrons. The van der Waals surface area contributed by atoms with Gasteiger partial charge in [-0.15, -0.1) is 0 Å². The quantitative estimate of drug-likeness (QED) is 0.869. The number of nitrogens with zero attached hydrogens (tertiary/aromatic N) is 2. The van der Waals surface area contributed by atoms with Crippen molar-refractivity contribution in [3.63, 3.8) is 0 Å². The highest BCUT2D eigenvalue weighted by Crippen LogP contribution is 2.16. The van der Waals surface area contributed by atoms with Crippen molar-refractivity contribution in [2.24, 2.45) is 12.8 Å². The minimum atomic E-state index is -3.56. The zero-order valence-electron chi connectivity index (χ0n) is 12.4. The normalized spacial score (nSPS) is 13.3. The van der Waals surface area contributed by atoms with Crippen molar-refractivity contribution in [1.82, 2.24) is 14.5 Å². The number of benzene rings is 1. The average Bonchev–Trinajstić information content (AvgIpc) is 2.77. The molecule has 0 bridgehead atoms. The summed E-state index contributed by atoms with van der Waals surface area (Å²) in [4.78, 5) is 0.221. The molecule has 1 unspecified atom stereocenters. The molecule has 2 aromatic rings. The Bertz CT molecular complexity index is 735. The van der Waals surface area contributed by atoms with Gasteiger partial charge in [0.05, 0.1) is 11.1 Å². The van der Waals surface area contributed by atoms with Crippen molar-refractivity contribution in [3.05, 3.63) is 47.3 Å². The lowest BCUT2D eigenvalue weighted by Gasteiger charge is -2.10. The van der Waals surface area contributed by atoms with Crippen molar-refractivity contribution < 1.29 is 8.42 Å². The Morgan fingerprint density at radius 3 is 2.71 bits per heavy atom. The zero-order chi connectivity index (χ0) is 15.6. The molecule has 0 amide bonds. The third-order valence-corrected chi connectivity index (χ3v) is 4.88. The van der Waals surface area contributed by atoms with Crippen LogP contribution in [0.1, 0.15) is 29.8 Å². The number of sulfonamides is 1. The summed E-state index contributed by atoms with van der Waals surface area (Å²) in [6.45, 7) is 3.93. The summed E-state index contributed by atoms with van der Waals surface area (Å²) in [5.74, 6) is 0. The molecule has 7 heteroatoms. The first-order chi connectivity index (χ1) is 9.81. The van der Waals surface area contributed by atoms with Crippen molar-refractivity contribution >= 4 is 10.0 Å². The highest BCUT2D eigenvalue weighted by atomic mass is 32.2. The number of nitrogens with one attached hydrogen (secondary N) is 1. The van der Waals surface area contributed by atoms with E-state index in [1.807, 2.05) is 27.0 Å². The molecule has 0 aliphatic carbocycles. The molecule has 0 radical (unpaired) electrons. The molecule has 0 fully saturated rings. The maximum absolute atomic E-state index is 12.3. The number of hydrogen-bond donors (Lipinski definition) is 2. The SMILES string of the molecule is Cc1c(CNS(=O)(=O)c2cccc(C(C)N)c2)cnn1C. The topological polar surface area (TPSA) is 90.0 Å². The molecule has 0 aliphatic rings. The van der Waals surface area contributed by atoms with Crippen LogP contribution in [0.4, 0.5) is 0 Å². The summed E-state index contributed by atoms with van der Waals surface area (Å²) in [6.07, 6.45) is 1.66. The monoisotopic (exact) mass is 308 g/mol. The molecule has 0 saturated carbocycles. The number of rotatable bonds is 5. The maximum Gasteiger partial charge on any atom is 0.240 e. The molecule has 1 aromatic carbocycles. The second-order valence-corrected chi connectivity index (χ2v) is 6.83. The van der Waals surface area contributed by atoms with Gasteiger partial charge in [-0.05, 0) is 31.5 Å². The number of hydrogen-bond acceptors (Lipinski definition) is 4. The lowest BCUT2D eigenvalue weighted by atomic mass is 10.1. The molecule has 0 spiro atoms. The predicted octanol–water partition coefficient (Wildman–Crippen LogP) is 1.23. The van der Waals surface area contributed by atoms with E-state index in [0.717, 1.165) is 16.8 Å². The van der Waals surface area contributed by atoms with E-state index in [2.05, 4.69) is 9.82 Å². The Hall–Kier alpha value is -1.70. The van der Waals surface area contributed by atoms with E-state index < -0.39 is 10.0 Å². The van der Waals surface area contributed by atoms with Crippen molar-refractivity contribution in [2.45, 2.75) is 31.3 Å². The fourth-order valence-electron chi connectivity index (χ4n) is 1.94. The first-order valence-corrected chi connectivity index (χ1v) is 8.12. The van der Waals surface area contributed by atoms with Gasteiger partial charge in [0.15, 0.2) is 0 Å². The van der Waals surface area contributed by atoms with Crippen LogP contribution in [0, 0.1) is 6.92 Å². The van der Waals surface area contributed by atoms with Crippen LogP contribution in [-0.4, -0.2) is 18.2 Å². The van der Waals surface area contributed by atoms with Crippen LogP contribution >= 0.6 is 0 Å². The number of aromatic nitrogens is 2. The van der Waals surface area contributed by atoms with E-state index >= 15 is 0 Å². The summed E-state index contributed by atoms with van der Waals surface area (Å²) in [5.41, 5.74) is 8.36. The Morgan fingerprint density at radius 2 is 2.14 bits per heavy atom. The molecule has 0 aliphatic heterocycles. The summed E-state index contributed by atoms with van der Waals surface area (Å²) in [5, 5.41) is 4.09. The van der Waals surface area contributed by atoms with Crippen LogP contribution in [0.2, 0.25) is 0 Å². The largest absolute Gasteiger partial charge is 0.324 e. The second-order valence-electron chi connectivity index (χ2n) is 5.06. The highest BCUT2D eigenvalue weighted by molar-refractivity contribution is 7.89. The van der Waals surface area contributed by atoms with E-state index in [4.69, 9.17) is 5.73 Å². The van der Waals surface area contributed by atoms with Gasteiger partial charge in [-0.3, -0.25) is 4.68 Å². The Balaban J connectivity index is 2.19. The van der Waals surface area contributed by atoms with Gasteiger partial charge in [-0.1, -0.05) is 12.1 Å². The van der Waals surface area contributed by atoms with Crippen LogP contribution in [-0.2, 0) is 23.6 Å². The van der Waals surface area contributed by atoms with Crippen LogP contribution in [0.3, 0.4) is 0 Å². The zero-order valence-corrected chi connectivity index (χ0v) is 13.2. The summed E-state index contributed by atoms with van der Waals surface area (Å²) >= 11 is 0. The lowest BCUT2D eigenvalue weighted by Crippen LogP contribution is -2.23. The molecule has 21 heavy (non-hydrogen) atoms. The first-order valence-electron chi connectivity index (χ1n) is 6.64. The van der Waals surface area contributed by atoms with Gasteiger partial charge in [0, 0.05) is 30.9 Å². The second kappa shape index (κ2) is 5.97. The van der Waals surface area contributed by atoms with Crippen LogP contribution < -0.4 is 10.5 Å². The van der Waals surface area contributed by atoms with E-state index in [0.29, 0.717) is 0 Å². The lowest BCUT2D eigenvalue weighted by molar-refractivity contribution is 0.581. The minimum absolute atomic E-state index is 0.208. The molecule has 6 nitrogen and oxygen atoms in total. The highest BCUT2D eigenvalue weighted by Gasteiger charge is 2.16. The Morgan fingerprint density at radius 1 is 1.43 bits per heavy atom. The van der Waals surface area contributed by atoms with Gasteiger partial charge >= 0.3 is 0 Å². The summed E-state index contributed by atoms with van der Waals surface area (Å²) < 4.78 is 28.9. The number of nitrogens with two attached hydrogens (primary N) is 1. The molecule has 2 rings (SSSR count). The third-order valence-electron chi connectivity index (χ3n) is 3.48. The third kappa shape index (κ3) is 3.49. The molecule has 3 N–H and O–H groups in total. The van der Waals surface area contributed by atoms with Gasteiger partial charge in [0.1, 0.15) is 0 Å². The maximum atomic E-state index is 12.3. The standard InChI is InChI=1S/C14H20N4O2S/c1-10(15)12-5-4-6-14(7-12)21(19,20)17-9-13-8-16-18(3)11(13)2/h4-8,10,17H,9,15H2,1-3H3. The fourth-order valence-corrected chi connectivity index (χ4v) is 3.00. The van der Waals surface area contributed by atoms with E-state index in [1.165, 1.54) is 0 Å². The van der Waals surface area contributed by atoms with Crippen molar-refractivity contribution in [3.8, 4) is 0 Å². The van der Waals surface area contributed by atoms with Gasteiger partial charge in [0.2, 0.25) is 10.0 Å². The molecule has 1 atom stereocenters. The van der Waals surface area contributed by atoms with E-state index in [-0.39, 0.29) is 17.5 Å². The van der Waals surface area contributed by atoms with Crippen LogP contribution in [0.15, 0.2) is 35.4 Å². The first kappa shape index (κ1) is 15.7. The molecule has 1 heterocycles. The predicted molar refractivity (Wildman–Crippen MR) is 81.0 cm³/mol. The average molecular weight is 308 g/mol.